The van der Waals surface area contributed by atoms with Crippen LogP contribution >= 0.6 is 0 Å². The molecule has 0 spiro atoms. The molecule has 0 amide bonds. The van der Waals surface area contributed by atoms with Crippen LogP contribution in [0.1, 0.15) is 0 Å². The second-order valence-electron chi connectivity index (χ2n) is 2.60. The van der Waals surface area contributed by atoms with E-state index in [0.717, 1.165) is 5.39 Å². The zero-order chi connectivity index (χ0) is 9.26. The maximum atomic E-state index is 11.4. The Labute approximate surface area is 73.8 Å². The molecule has 2 aromatic heterocycles. The molecule has 5 heteroatoms. The maximum Gasteiger partial charge on any atom is 0.274 e. The van der Waals surface area contributed by atoms with Crippen molar-refractivity contribution in [1.82, 2.24) is 15.2 Å². The minimum absolute atomic E-state index is 0.204. The van der Waals surface area contributed by atoms with E-state index in [1.807, 2.05) is 0 Å². The highest BCUT2D eigenvalue weighted by molar-refractivity contribution is 5.91. The Morgan fingerprint density at radius 3 is 3.00 bits per heavy atom. The van der Waals surface area contributed by atoms with Crippen molar-refractivity contribution in [2.75, 3.05) is 12.4 Å². The SMILES string of the molecule is CNc1cncc2cn[nH]c(=O)c12. The van der Waals surface area contributed by atoms with Crippen LogP contribution in [0.4, 0.5) is 5.69 Å². The van der Waals surface area contributed by atoms with Gasteiger partial charge >= 0.3 is 0 Å². The average molecular weight is 176 g/mol. The molecule has 0 aliphatic heterocycles. The lowest BCUT2D eigenvalue weighted by Crippen LogP contribution is -2.09. The summed E-state index contributed by atoms with van der Waals surface area (Å²) in [5.74, 6) is 0. The highest BCUT2D eigenvalue weighted by Gasteiger charge is 2.03. The lowest BCUT2D eigenvalue weighted by atomic mass is 10.2. The number of hydrogen-bond acceptors (Lipinski definition) is 4. The van der Waals surface area contributed by atoms with Crippen molar-refractivity contribution in [3.05, 3.63) is 28.9 Å². The van der Waals surface area contributed by atoms with E-state index in [-0.39, 0.29) is 5.56 Å². The molecular formula is C8H8N4O. The van der Waals surface area contributed by atoms with E-state index in [1.165, 1.54) is 0 Å². The molecule has 0 unspecified atom stereocenters. The molecule has 0 aliphatic carbocycles. The van der Waals surface area contributed by atoms with Gasteiger partial charge in [0.25, 0.3) is 5.56 Å². The van der Waals surface area contributed by atoms with Gasteiger partial charge in [-0.05, 0) is 0 Å². The number of nitrogens with one attached hydrogen (secondary N) is 2. The van der Waals surface area contributed by atoms with Crippen LogP contribution in [0, 0.1) is 0 Å². The number of rotatable bonds is 1. The van der Waals surface area contributed by atoms with Gasteiger partial charge in [0.15, 0.2) is 0 Å². The van der Waals surface area contributed by atoms with Crippen LogP contribution in [-0.4, -0.2) is 22.2 Å². The molecule has 0 bridgehead atoms. The molecule has 2 aromatic rings. The zero-order valence-corrected chi connectivity index (χ0v) is 7.03. The molecule has 13 heavy (non-hydrogen) atoms. The normalized spacial score (nSPS) is 10.2. The Morgan fingerprint density at radius 2 is 2.23 bits per heavy atom. The van der Waals surface area contributed by atoms with Gasteiger partial charge in [0.05, 0.1) is 23.5 Å². The van der Waals surface area contributed by atoms with E-state index in [0.29, 0.717) is 11.1 Å². The van der Waals surface area contributed by atoms with Gasteiger partial charge in [-0.15, -0.1) is 0 Å². The summed E-state index contributed by atoms with van der Waals surface area (Å²) < 4.78 is 0. The van der Waals surface area contributed by atoms with Gasteiger partial charge in [0, 0.05) is 18.6 Å². The van der Waals surface area contributed by atoms with E-state index >= 15 is 0 Å². The number of fused-ring (bicyclic) bond motifs is 1. The quantitative estimate of drug-likeness (QED) is 0.658. The Balaban J connectivity index is 2.95. The van der Waals surface area contributed by atoms with Crippen molar-refractivity contribution in [1.29, 1.82) is 0 Å². The van der Waals surface area contributed by atoms with Gasteiger partial charge in [-0.25, -0.2) is 5.10 Å². The van der Waals surface area contributed by atoms with E-state index in [1.54, 1.807) is 25.6 Å². The van der Waals surface area contributed by atoms with Gasteiger partial charge in [0.1, 0.15) is 0 Å². The Morgan fingerprint density at radius 1 is 1.38 bits per heavy atom. The predicted molar refractivity (Wildman–Crippen MR) is 49.7 cm³/mol. The van der Waals surface area contributed by atoms with E-state index in [9.17, 15) is 4.79 Å². The predicted octanol–water partition coefficient (Wildman–Crippen LogP) is 0.360. The summed E-state index contributed by atoms with van der Waals surface area (Å²) in [5.41, 5.74) is 0.505. The maximum absolute atomic E-state index is 11.4. The molecule has 0 radical (unpaired) electrons. The van der Waals surface area contributed by atoms with Gasteiger partial charge < -0.3 is 5.32 Å². The number of hydrogen-bond donors (Lipinski definition) is 2. The summed E-state index contributed by atoms with van der Waals surface area (Å²) in [6.07, 6.45) is 4.79. The van der Waals surface area contributed by atoms with Crippen molar-refractivity contribution in [2.24, 2.45) is 0 Å². The summed E-state index contributed by atoms with van der Waals surface area (Å²) in [6.45, 7) is 0. The van der Waals surface area contributed by atoms with Gasteiger partial charge in [0.2, 0.25) is 0 Å². The zero-order valence-electron chi connectivity index (χ0n) is 7.03. The van der Waals surface area contributed by atoms with Crippen molar-refractivity contribution in [3.63, 3.8) is 0 Å². The monoisotopic (exact) mass is 176 g/mol. The summed E-state index contributed by atoms with van der Waals surface area (Å²) in [5, 5.41) is 10.3. The lowest BCUT2D eigenvalue weighted by molar-refractivity contribution is 1.01. The standard InChI is InChI=1S/C8H8N4O/c1-9-6-4-10-2-5-3-11-12-8(13)7(5)6/h2-4,9H,1H3,(H,12,13). The largest absolute Gasteiger partial charge is 0.386 e. The Bertz CT molecular complexity index is 485. The summed E-state index contributed by atoms with van der Waals surface area (Å²) in [7, 11) is 1.75. The molecule has 0 fully saturated rings. The molecule has 2 heterocycles. The summed E-state index contributed by atoms with van der Waals surface area (Å²) in [4.78, 5) is 15.3. The number of pyridine rings is 1. The van der Waals surface area contributed by atoms with Crippen LogP contribution in [0.2, 0.25) is 0 Å². The Kier molecular flexibility index (Phi) is 1.70. The van der Waals surface area contributed by atoms with Crippen molar-refractivity contribution >= 4 is 16.5 Å². The minimum atomic E-state index is -0.204. The minimum Gasteiger partial charge on any atom is -0.386 e. The molecule has 0 aliphatic rings. The molecule has 0 aromatic carbocycles. The van der Waals surface area contributed by atoms with Crippen LogP contribution in [-0.2, 0) is 0 Å². The third-order valence-electron chi connectivity index (χ3n) is 1.84. The molecule has 2 N–H and O–H groups in total. The second-order valence-corrected chi connectivity index (χ2v) is 2.60. The van der Waals surface area contributed by atoms with Gasteiger partial charge in [-0.3, -0.25) is 9.78 Å². The fraction of sp³-hybridized carbons (Fsp3) is 0.125. The first kappa shape index (κ1) is 7.72. The third kappa shape index (κ3) is 1.14. The number of H-pyrrole nitrogens is 1. The summed E-state index contributed by atoms with van der Waals surface area (Å²) in [6, 6.07) is 0. The fourth-order valence-corrected chi connectivity index (χ4v) is 1.23. The van der Waals surface area contributed by atoms with Gasteiger partial charge in [-0.1, -0.05) is 0 Å². The highest BCUT2D eigenvalue weighted by atomic mass is 16.1. The Hall–Kier alpha value is -1.91. The molecule has 2 rings (SSSR count). The number of anilines is 1. The smallest absolute Gasteiger partial charge is 0.274 e. The molecular weight excluding hydrogens is 168 g/mol. The third-order valence-corrected chi connectivity index (χ3v) is 1.84. The average Bonchev–Trinajstić information content (AvgIpc) is 2.17. The molecule has 5 nitrogen and oxygen atoms in total. The van der Waals surface area contributed by atoms with Crippen molar-refractivity contribution in [2.45, 2.75) is 0 Å². The number of nitrogens with zero attached hydrogens (tertiary/aromatic N) is 2. The van der Waals surface area contributed by atoms with E-state index < -0.39 is 0 Å². The van der Waals surface area contributed by atoms with Crippen LogP contribution in [0.15, 0.2) is 23.4 Å². The molecule has 0 saturated heterocycles. The van der Waals surface area contributed by atoms with E-state index in [4.69, 9.17) is 0 Å². The molecule has 66 valence electrons. The number of aromatic nitrogens is 3. The van der Waals surface area contributed by atoms with Crippen LogP contribution < -0.4 is 10.9 Å². The van der Waals surface area contributed by atoms with Gasteiger partial charge in [-0.2, -0.15) is 5.10 Å². The molecule has 0 saturated carbocycles. The summed E-state index contributed by atoms with van der Waals surface area (Å²) >= 11 is 0. The first-order valence-corrected chi connectivity index (χ1v) is 3.82. The van der Waals surface area contributed by atoms with Crippen molar-refractivity contribution < 1.29 is 0 Å². The topological polar surface area (TPSA) is 70.7 Å². The molecule has 0 atom stereocenters. The first-order chi connectivity index (χ1) is 6.33. The van der Waals surface area contributed by atoms with Crippen molar-refractivity contribution in [3.8, 4) is 0 Å². The van der Waals surface area contributed by atoms with E-state index in [2.05, 4.69) is 20.5 Å². The van der Waals surface area contributed by atoms with Crippen LogP contribution in [0.25, 0.3) is 10.8 Å². The lowest BCUT2D eigenvalue weighted by Gasteiger charge is -2.01. The first-order valence-electron chi connectivity index (χ1n) is 3.82. The van der Waals surface area contributed by atoms with Crippen LogP contribution in [0.3, 0.4) is 0 Å². The second kappa shape index (κ2) is 2.85. The number of aromatic amines is 1. The fourth-order valence-electron chi connectivity index (χ4n) is 1.23. The highest BCUT2D eigenvalue weighted by Crippen LogP contribution is 2.15. The van der Waals surface area contributed by atoms with Crippen LogP contribution in [0.5, 0.6) is 0 Å².